The molecule has 1 N–H and O–H groups in total. The van der Waals surface area contributed by atoms with E-state index in [-0.39, 0.29) is 0 Å². The summed E-state index contributed by atoms with van der Waals surface area (Å²) >= 11 is 0. The minimum atomic E-state index is 0.847. The van der Waals surface area contributed by atoms with E-state index >= 15 is 0 Å². The van der Waals surface area contributed by atoms with Gasteiger partial charge in [-0.25, -0.2) is 0 Å². The third kappa shape index (κ3) is 7.72. The lowest BCUT2D eigenvalue weighted by molar-refractivity contribution is 0.415. The smallest absolute Gasteiger partial charge is 0.119 e. The molecule has 0 unspecified atom stereocenters. The monoisotopic (exact) mass is 562 g/mol. The van der Waals surface area contributed by atoms with E-state index in [1.54, 1.807) is 7.11 Å². The zero-order valence-electron chi connectivity index (χ0n) is 24.9. The number of methoxy groups -OCH3 is 1. The summed E-state index contributed by atoms with van der Waals surface area (Å²) in [5.74, 6) is 0.847. The molecule has 0 atom stereocenters. The third-order valence-electron chi connectivity index (χ3n) is 7.39. The van der Waals surface area contributed by atoms with Crippen molar-refractivity contribution in [1.29, 1.82) is 0 Å². The molecule has 214 valence electrons. The molecule has 0 aliphatic heterocycles. The highest BCUT2D eigenvalue weighted by Crippen LogP contribution is 2.30. The number of allylic oxidation sites excluding steroid dienone is 9. The fourth-order valence-electron chi connectivity index (χ4n) is 5.02. The molecule has 0 saturated carbocycles. The fourth-order valence-corrected chi connectivity index (χ4v) is 5.02. The van der Waals surface area contributed by atoms with E-state index < -0.39 is 0 Å². The second kappa shape index (κ2) is 14.6. The quantitative estimate of drug-likeness (QED) is 0.195. The van der Waals surface area contributed by atoms with Crippen molar-refractivity contribution in [3.05, 3.63) is 181 Å². The Bertz CT molecular complexity index is 1660. The number of nitrogens with zero attached hydrogens (tertiary/aromatic N) is 1. The van der Waals surface area contributed by atoms with Gasteiger partial charge in [-0.2, -0.15) is 0 Å². The van der Waals surface area contributed by atoms with Crippen LogP contribution in [0.3, 0.4) is 0 Å². The lowest BCUT2D eigenvalue weighted by Gasteiger charge is -2.28. The Labute approximate surface area is 256 Å². The Kier molecular flexibility index (Phi) is 9.90. The van der Waals surface area contributed by atoms with Crippen LogP contribution in [0.2, 0.25) is 0 Å². The summed E-state index contributed by atoms with van der Waals surface area (Å²) < 4.78 is 5.27. The highest BCUT2D eigenvalue weighted by molar-refractivity contribution is 5.75. The van der Waals surface area contributed by atoms with E-state index in [0.717, 1.165) is 58.2 Å². The molecule has 0 aromatic heterocycles. The van der Waals surface area contributed by atoms with Gasteiger partial charge in [-0.1, -0.05) is 91.5 Å². The van der Waals surface area contributed by atoms with Crippen LogP contribution in [0.4, 0.5) is 17.1 Å². The van der Waals surface area contributed by atoms with Crippen molar-refractivity contribution in [2.24, 2.45) is 0 Å². The summed E-state index contributed by atoms with van der Waals surface area (Å²) in [6.07, 6.45) is 17.3. The summed E-state index contributed by atoms with van der Waals surface area (Å²) in [6, 6.07) is 37.4. The zero-order chi connectivity index (χ0) is 29.9. The molecule has 0 bridgehead atoms. The molecule has 5 rings (SSSR count). The number of benzene rings is 4. The van der Waals surface area contributed by atoms with Crippen LogP contribution in [0.5, 0.6) is 5.75 Å². The van der Waals surface area contributed by atoms with Crippen LogP contribution in [0.15, 0.2) is 170 Å². The van der Waals surface area contributed by atoms with E-state index in [2.05, 4.69) is 133 Å². The van der Waals surface area contributed by atoms with E-state index in [4.69, 9.17) is 4.74 Å². The van der Waals surface area contributed by atoms with Crippen molar-refractivity contribution in [2.45, 2.75) is 19.8 Å². The molecule has 43 heavy (non-hydrogen) atoms. The average Bonchev–Trinajstić information content (AvgIpc) is 3.05. The van der Waals surface area contributed by atoms with Gasteiger partial charge >= 0.3 is 0 Å². The first kappa shape index (κ1) is 29.2. The minimum Gasteiger partial charge on any atom is -0.497 e. The van der Waals surface area contributed by atoms with Crippen LogP contribution < -0.4 is 15.0 Å². The summed E-state index contributed by atoms with van der Waals surface area (Å²) in [4.78, 5) is 2.30. The second-order valence-electron chi connectivity index (χ2n) is 10.3. The minimum absolute atomic E-state index is 0.847. The molecule has 1 aliphatic rings. The lowest BCUT2D eigenvalue weighted by Crippen LogP contribution is -2.20. The maximum Gasteiger partial charge on any atom is 0.119 e. The third-order valence-corrected chi connectivity index (χ3v) is 7.39. The summed E-state index contributed by atoms with van der Waals surface area (Å²) in [5.41, 5.74) is 9.97. The number of hydrogen-bond acceptors (Lipinski definition) is 3. The Morgan fingerprint density at radius 3 is 2.09 bits per heavy atom. The van der Waals surface area contributed by atoms with Crippen molar-refractivity contribution in [2.75, 3.05) is 17.3 Å². The van der Waals surface area contributed by atoms with Crippen molar-refractivity contribution < 1.29 is 4.74 Å². The number of rotatable bonds is 10. The number of para-hydroxylation sites is 1. The normalized spacial score (nSPS) is 16.7. The number of nitrogens with one attached hydrogen (secondary N) is 1. The molecule has 0 amide bonds. The standard InChI is InChI=1S/C40H38N2O/c1-4-37(27-19-31(2)32-13-7-5-8-14-32)42(38-16-9-6-10-17-38)39-18-12-11-15-33(22-28-39)34-20-23-35(24-21-34)41-36-25-29-40(43-3)30-26-36/h4-10,12-14,16-30,41H,2,11,15H2,1,3H3/b18-12-,27-19-,33-22+,37-4+,39-28+. The topological polar surface area (TPSA) is 24.5 Å². The zero-order valence-corrected chi connectivity index (χ0v) is 24.9. The number of hydrogen-bond donors (Lipinski definition) is 1. The lowest BCUT2D eigenvalue weighted by atomic mass is 9.98. The van der Waals surface area contributed by atoms with Gasteiger partial charge in [0.1, 0.15) is 5.75 Å². The first-order chi connectivity index (χ1) is 21.1. The van der Waals surface area contributed by atoms with Crippen LogP contribution in [0.1, 0.15) is 30.9 Å². The summed E-state index contributed by atoms with van der Waals surface area (Å²) in [6.45, 7) is 6.38. The molecule has 0 saturated heterocycles. The van der Waals surface area contributed by atoms with Gasteiger partial charge in [-0.3, -0.25) is 0 Å². The second-order valence-corrected chi connectivity index (χ2v) is 10.3. The first-order valence-corrected chi connectivity index (χ1v) is 14.7. The van der Waals surface area contributed by atoms with Gasteiger partial charge in [0.2, 0.25) is 0 Å². The van der Waals surface area contributed by atoms with E-state index in [1.165, 1.54) is 11.1 Å². The molecule has 0 spiro atoms. The van der Waals surface area contributed by atoms with E-state index in [1.807, 2.05) is 42.5 Å². The van der Waals surface area contributed by atoms with E-state index in [9.17, 15) is 0 Å². The molecule has 4 aromatic rings. The predicted octanol–water partition coefficient (Wildman–Crippen LogP) is 10.7. The molecule has 0 radical (unpaired) electrons. The van der Waals surface area contributed by atoms with Gasteiger partial charge in [-0.05, 0) is 109 Å². The number of anilines is 3. The Morgan fingerprint density at radius 1 is 0.791 bits per heavy atom. The molecule has 3 nitrogen and oxygen atoms in total. The van der Waals surface area contributed by atoms with Crippen LogP contribution in [0.25, 0.3) is 11.1 Å². The number of ether oxygens (including phenoxy) is 1. The van der Waals surface area contributed by atoms with Crippen molar-refractivity contribution in [3.63, 3.8) is 0 Å². The van der Waals surface area contributed by atoms with Gasteiger partial charge in [0.05, 0.1) is 7.11 Å². The van der Waals surface area contributed by atoms with Crippen LogP contribution in [-0.4, -0.2) is 7.11 Å². The van der Waals surface area contributed by atoms with Crippen molar-refractivity contribution in [3.8, 4) is 5.75 Å². The van der Waals surface area contributed by atoms with Gasteiger partial charge in [0.25, 0.3) is 0 Å². The first-order valence-electron chi connectivity index (χ1n) is 14.7. The Morgan fingerprint density at radius 2 is 1.44 bits per heavy atom. The fraction of sp³-hybridized carbons (Fsp3) is 0.100. The maximum absolute atomic E-state index is 5.27. The summed E-state index contributed by atoms with van der Waals surface area (Å²) in [7, 11) is 1.68. The SMILES string of the molecule is C=C(/C=C\C(=C/C)N(C1=C/C=C(/c2ccc(Nc3ccc(OC)cc3)cc2)CC/C=C\1)c1ccccc1)c1ccccc1. The van der Waals surface area contributed by atoms with Gasteiger partial charge in [0, 0.05) is 28.5 Å². The highest BCUT2D eigenvalue weighted by Gasteiger charge is 2.14. The molecule has 3 heteroatoms. The molecule has 0 heterocycles. The molecule has 1 aliphatic carbocycles. The summed E-state index contributed by atoms with van der Waals surface area (Å²) in [5, 5.41) is 3.47. The Balaban J connectivity index is 1.41. The van der Waals surface area contributed by atoms with Crippen LogP contribution in [0, 0.1) is 0 Å². The van der Waals surface area contributed by atoms with E-state index in [0.29, 0.717) is 0 Å². The molecular formula is C40H38N2O. The molecule has 0 fully saturated rings. The average molecular weight is 563 g/mol. The molecular weight excluding hydrogens is 524 g/mol. The van der Waals surface area contributed by atoms with Gasteiger partial charge in [-0.15, -0.1) is 0 Å². The largest absolute Gasteiger partial charge is 0.497 e. The van der Waals surface area contributed by atoms with Crippen LogP contribution >= 0.6 is 0 Å². The predicted molar refractivity (Wildman–Crippen MR) is 184 cm³/mol. The Hall–Kier alpha value is -5.28. The highest BCUT2D eigenvalue weighted by atomic mass is 16.5. The van der Waals surface area contributed by atoms with Crippen molar-refractivity contribution in [1.82, 2.24) is 0 Å². The van der Waals surface area contributed by atoms with Crippen molar-refractivity contribution >= 4 is 28.2 Å². The van der Waals surface area contributed by atoms with Crippen LogP contribution in [-0.2, 0) is 0 Å². The maximum atomic E-state index is 5.27. The molecule has 4 aromatic carbocycles. The van der Waals surface area contributed by atoms with Gasteiger partial charge in [0.15, 0.2) is 0 Å². The van der Waals surface area contributed by atoms with Gasteiger partial charge < -0.3 is 15.0 Å².